The summed E-state index contributed by atoms with van der Waals surface area (Å²) in [6.07, 6.45) is -1.29. The first-order chi connectivity index (χ1) is 11.6. The Morgan fingerprint density at radius 3 is 2.56 bits per heavy atom. The Balaban J connectivity index is 2.03. The molecule has 11 heteroatoms. The van der Waals surface area contributed by atoms with Crippen molar-refractivity contribution >= 4 is 43.5 Å². The normalized spacial score (nSPS) is 12.5. The average molecular weight is 435 g/mol. The number of nitrogens with two attached hydrogens (primary N) is 1. The Bertz CT molecular complexity index is 927. The summed E-state index contributed by atoms with van der Waals surface area (Å²) >= 11 is 3.08. The number of carbonyl (C=O) groups excluding carboxylic acids is 2. The highest BCUT2D eigenvalue weighted by atomic mass is 79.9. The van der Waals surface area contributed by atoms with Gasteiger partial charge in [-0.2, -0.15) is 0 Å². The summed E-state index contributed by atoms with van der Waals surface area (Å²) in [5, 5.41) is 6.50. The number of nitrogens with one attached hydrogen (secondary N) is 1. The third-order valence-corrected chi connectivity index (χ3v) is 4.18. The Morgan fingerprint density at radius 1 is 1.32 bits per heavy atom. The zero-order chi connectivity index (χ0) is 18.8. The maximum absolute atomic E-state index is 13.7. The molecule has 0 spiro atoms. The van der Waals surface area contributed by atoms with Gasteiger partial charge in [0.25, 0.3) is 15.9 Å². The maximum atomic E-state index is 13.7. The molecule has 0 aliphatic carbocycles. The quantitative estimate of drug-likeness (QED) is 0.692. The SMILES string of the molecule is CC(OC(=O)c1ccc(S(N)(=O)=O)o1)C(=O)Nc1ccc(Br)cc1F. The minimum Gasteiger partial charge on any atom is -0.447 e. The topological polar surface area (TPSA) is 129 Å². The second kappa shape index (κ2) is 7.33. The van der Waals surface area contributed by atoms with Crippen molar-refractivity contribution in [2.45, 2.75) is 18.1 Å². The summed E-state index contributed by atoms with van der Waals surface area (Å²) in [4.78, 5) is 23.8. The molecular formula is C14H12BrFN2O6S. The van der Waals surface area contributed by atoms with E-state index in [-0.39, 0.29) is 5.69 Å². The van der Waals surface area contributed by atoms with Crippen LogP contribution in [0.3, 0.4) is 0 Å². The largest absolute Gasteiger partial charge is 0.447 e. The molecule has 1 aromatic carbocycles. The number of benzene rings is 1. The summed E-state index contributed by atoms with van der Waals surface area (Å²) in [5.41, 5.74) is -0.0920. The highest BCUT2D eigenvalue weighted by Gasteiger charge is 2.23. The molecule has 3 N–H and O–H groups in total. The number of halogens is 2. The molecule has 0 bridgehead atoms. The van der Waals surface area contributed by atoms with Crippen molar-refractivity contribution in [3.8, 4) is 0 Å². The van der Waals surface area contributed by atoms with Crippen LogP contribution >= 0.6 is 15.9 Å². The number of amides is 1. The molecule has 0 aliphatic rings. The number of ether oxygens (including phenoxy) is 1. The second-order valence-electron chi connectivity index (χ2n) is 4.82. The van der Waals surface area contributed by atoms with Gasteiger partial charge in [0.15, 0.2) is 6.10 Å². The minimum atomic E-state index is -4.11. The van der Waals surface area contributed by atoms with Gasteiger partial charge in [0.05, 0.1) is 5.69 Å². The lowest BCUT2D eigenvalue weighted by molar-refractivity contribution is -0.123. The predicted molar refractivity (Wildman–Crippen MR) is 87.7 cm³/mol. The summed E-state index contributed by atoms with van der Waals surface area (Å²) in [6, 6.07) is 6.03. The van der Waals surface area contributed by atoms with Crippen molar-refractivity contribution in [3.63, 3.8) is 0 Å². The van der Waals surface area contributed by atoms with E-state index in [1.807, 2.05) is 0 Å². The molecule has 2 rings (SSSR count). The fourth-order valence-corrected chi connectivity index (χ4v) is 2.48. The van der Waals surface area contributed by atoms with E-state index in [4.69, 9.17) is 14.3 Å². The summed E-state index contributed by atoms with van der Waals surface area (Å²) in [6.45, 7) is 1.26. The lowest BCUT2D eigenvalue weighted by atomic mass is 10.3. The molecule has 0 saturated heterocycles. The Hall–Kier alpha value is -2.24. The van der Waals surface area contributed by atoms with E-state index in [1.54, 1.807) is 0 Å². The molecule has 1 amide bonds. The van der Waals surface area contributed by atoms with Crippen LogP contribution in [-0.4, -0.2) is 26.4 Å². The molecule has 1 heterocycles. The molecule has 1 aromatic heterocycles. The van der Waals surface area contributed by atoms with E-state index in [2.05, 4.69) is 21.2 Å². The number of furan rings is 1. The van der Waals surface area contributed by atoms with Gasteiger partial charge in [0, 0.05) is 4.47 Å². The van der Waals surface area contributed by atoms with Crippen LogP contribution in [0.2, 0.25) is 0 Å². The lowest BCUT2D eigenvalue weighted by Crippen LogP contribution is -2.30. The highest BCUT2D eigenvalue weighted by molar-refractivity contribution is 9.10. The third kappa shape index (κ3) is 4.87. The molecule has 25 heavy (non-hydrogen) atoms. The van der Waals surface area contributed by atoms with Gasteiger partial charge in [-0.25, -0.2) is 22.7 Å². The number of hydrogen-bond donors (Lipinski definition) is 2. The molecule has 134 valence electrons. The van der Waals surface area contributed by atoms with Gasteiger partial charge in [0.1, 0.15) is 5.82 Å². The fourth-order valence-electron chi connectivity index (χ4n) is 1.68. The van der Waals surface area contributed by atoms with Gasteiger partial charge in [-0.15, -0.1) is 0 Å². The van der Waals surface area contributed by atoms with E-state index in [0.29, 0.717) is 4.47 Å². The molecular weight excluding hydrogens is 423 g/mol. The first-order valence-corrected chi connectivity index (χ1v) is 9.01. The first-order valence-electron chi connectivity index (χ1n) is 6.67. The molecule has 1 unspecified atom stereocenters. The van der Waals surface area contributed by atoms with Crippen molar-refractivity contribution in [2.75, 3.05) is 5.32 Å². The monoisotopic (exact) mass is 434 g/mol. The van der Waals surface area contributed by atoms with E-state index in [9.17, 15) is 22.4 Å². The van der Waals surface area contributed by atoms with Crippen LogP contribution in [0.25, 0.3) is 0 Å². The van der Waals surface area contributed by atoms with Crippen LogP contribution in [0.15, 0.2) is 44.3 Å². The molecule has 8 nitrogen and oxygen atoms in total. The Morgan fingerprint density at radius 2 is 2.00 bits per heavy atom. The molecule has 0 radical (unpaired) electrons. The summed E-state index contributed by atoms with van der Waals surface area (Å²) < 4.78 is 46.0. The van der Waals surface area contributed by atoms with Gasteiger partial charge in [0.2, 0.25) is 10.9 Å². The van der Waals surface area contributed by atoms with Crippen LogP contribution in [-0.2, 0) is 19.6 Å². The van der Waals surface area contributed by atoms with E-state index in [0.717, 1.165) is 18.2 Å². The third-order valence-electron chi connectivity index (χ3n) is 2.90. The Labute approximate surface area is 150 Å². The highest BCUT2D eigenvalue weighted by Crippen LogP contribution is 2.20. The van der Waals surface area contributed by atoms with Gasteiger partial charge in [-0.3, -0.25) is 4.79 Å². The van der Waals surface area contributed by atoms with Crippen molar-refractivity contribution in [2.24, 2.45) is 5.14 Å². The number of carbonyl (C=O) groups is 2. The van der Waals surface area contributed by atoms with Gasteiger partial charge in [-0.05, 0) is 37.3 Å². The Kier molecular flexibility index (Phi) is 5.60. The molecule has 0 saturated carbocycles. The van der Waals surface area contributed by atoms with E-state index >= 15 is 0 Å². The first kappa shape index (κ1) is 19.1. The predicted octanol–water partition coefficient (Wildman–Crippen LogP) is 2.01. The number of primary sulfonamides is 1. The number of rotatable bonds is 5. The van der Waals surface area contributed by atoms with Gasteiger partial charge in [-0.1, -0.05) is 15.9 Å². The van der Waals surface area contributed by atoms with Crippen LogP contribution in [0.4, 0.5) is 10.1 Å². The lowest BCUT2D eigenvalue weighted by Gasteiger charge is -2.13. The van der Waals surface area contributed by atoms with Crippen molar-refractivity contribution in [3.05, 3.63) is 46.4 Å². The average Bonchev–Trinajstić information content (AvgIpc) is 3.00. The van der Waals surface area contributed by atoms with E-state index < -0.39 is 44.7 Å². The molecule has 1 atom stereocenters. The summed E-state index contributed by atoms with van der Waals surface area (Å²) in [7, 11) is -4.11. The molecule has 2 aromatic rings. The second-order valence-corrected chi connectivity index (χ2v) is 7.23. The van der Waals surface area contributed by atoms with Crippen LogP contribution < -0.4 is 10.5 Å². The minimum absolute atomic E-state index is 0.0920. The molecule has 0 fully saturated rings. The number of esters is 1. The fraction of sp³-hybridized carbons (Fsp3) is 0.143. The number of hydrogen-bond acceptors (Lipinski definition) is 6. The van der Waals surface area contributed by atoms with Crippen LogP contribution in [0, 0.1) is 5.82 Å². The number of anilines is 1. The van der Waals surface area contributed by atoms with Crippen LogP contribution in [0.5, 0.6) is 0 Å². The van der Waals surface area contributed by atoms with Crippen molar-refractivity contribution in [1.82, 2.24) is 0 Å². The standard InChI is InChI=1S/C14H12BrFN2O6S/c1-7(13(19)18-10-3-2-8(15)6-9(10)16)23-14(20)11-4-5-12(24-11)25(17,21)22/h2-7H,1H3,(H,18,19)(H2,17,21,22). The van der Waals surface area contributed by atoms with Gasteiger partial charge >= 0.3 is 5.97 Å². The zero-order valence-corrected chi connectivity index (χ0v) is 15.1. The zero-order valence-electron chi connectivity index (χ0n) is 12.7. The van der Waals surface area contributed by atoms with Crippen molar-refractivity contribution < 1.29 is 31.6 Å². The maximum Gasteiger partial charge on any atom is 0.375 e. The van der Waals surface area contributed by atoms with Crippen LogP contribution in [0.1, 0.15) is 17.5 Å². The van der Waals surface area contributed by atoms with Crippen molar-refractivity contribution in [1.29, 1.82) is 0 Å². The molecule has 0 aliphatic heterocycles. The number of sulfonamides is 1. The smallest absolute Gasteiger partial charge is 0.375 e. The van der Waals surface area contributed by atoms with E-state index in [1.165, 1.54) is 19.1 Å². The summed E-state index contributed by atoms with van der Waals surface area (Å²) in [5.74, 6) is -2.98. The van der Waals surface area contributed by atoms with Gasteiger partial charge < -0.3 is 14.5 Å².